The summed E-state index contributed by atoms with van der Waals surface area (Å²) in [6.07, 6.45) is 18.4. The molecule has 258 valence electrons. The van der Waals surface area contributed by atoms with Crippen molar-refractivity contribution in [1.82, 2.24) is 30.0 Å². The highest BCUT2D eigenvalue weighted by Gasteiger charge is 2.08. The molecule has 0 bridgehead atoms. The molecule has 0 saturated heterocycles. The van der Waals surface area contributed by atoms with E-state index < -0.39 is 0 Å². The predicted octanol–water partition coefficient (Wildman–Crippen LogP) is 6.36. The normalized spacial score (nSPS) is 11.0. The Bertz CT molecular complexity index is 1420. The van der Waals surface area contributed by atoms with Gasteiger partial charge in [-0.25, -0.2) is 0 Å². The van der Waals surface area contributed by atoms with E-state index in [9.17, 15) is 9.59 Å². The Morgan fingerprint density at radius 3 is 1.38 bits per heavy atom. The Morgan fingerprint density at radius 1 is 0.562 bits per heavy atom. The topological polar surface area (TPSA) is 132 Å². The fraction of sp³-hybridized carbons (Fsp3) is 0.500. The van der Waals surface area contributed by atoms with Gasteiger partial charge < -0.3 is 18.9 Å². The van der Waals surface area contributed by atoms with Crippen LogP contribution in [0.1, 0.15) is 96.3 Å². The van der Waals surface area contributed by atoms with Crippen molar-refractivity contribution in [2.75, 3.05) is 27.4 Å². The second-order valence-electron chi connectivity index (χ2n) is 11.7. The SMILES string of the molecule is COc1cc(C=O)ccc1OCCCc1cn(CCCCCCCCCCn2cc(CCCOc3ccc(C=O)cc3OC)nn2)nn1. The molecule has 0 fully saturated rings. The highest BCUT2D eigenvalue weighted by atomic mass is 16.5. The molecule has 0 spiro atoms. The molecule has 0 aliphatic heterocycles. The van der Waals surface area contributed by atoms with Crippen molar-refractivity contribution in [3.8, 4) is 23.0 Å². The maximum absolute atomic E-state index is 10.9. The Balaban J connectivity index is 0.966. The number of aryl methyl sites for hydroxylation is 4. The van der Waals surface area contributed by atoms with Crippen molar-refractivity contribution in [3.05, 3.63) is 71.3 Å². The number of aldehydes is 2. The molecule has 0 atom stereocenters. The van der Waals surface area contributed by atoms with Gasteiger partial charge in [-0.05, 0) is 74.9 Å². The molecule has 2 aromatic carbocycles. The van der Waals surface area contributed by atoms with E-state index in [1.807, 2.05) is 21.8 Å². The van der Waals surface area contributed by atoms with Crippen LogP contribution in [0.3, 0.4) is 0 Å². The quantitative estimate of drug-likeness (QED) is 0.0585. The van der Waals surface area contributed by atoms with Crippen molar-refractivity contribution in [2.45, 2.75) is 90.1 Å². The van der Waals surface area contributed by atoms with Gasteiger partial charge in [0.1, 0.15) is 12.6 Å². The Kier molecular flexibility index (Phi) is 15.4. The van der Waals surface area contributed by atoms with E-state index in [2.05, 4.69) is 20.6 Å². The minimum absolute atomic E-state index is 0.529. The summed E-state index contributed by atoms with van der Waals surface area (Å²) in [4.78, 5) is 21.9. The summed E-state index contributed by atoms with van der Waals surface area (Å²) in [6, 6.07) is 10.3. The number of rotatable bonds is 25. The number of aromatic nitrogens is 6. The van der Waals surface area contributed by atoms with Crippen LogP contribution in [0, 0.1) is 0 Å². The zero-order valence-electron chi connectivity index (χ0n) is 28.2. The van der Waals surface area contributed by atoms with Crippen LogP contribution < -0.4 is 18.9 Å². The zero-order valence-corrected chi connectivity index (χ0v) is 28.2. The third-order valence-corrected chi connectivity index (χ3v) is 8.01. The van der Waals surface area contributed by atoms with Gasteiger partial charge in [0.25, 0.3) is 0 Å². The molecule has 0 unspecified atom stereocenters. The van der Waals surface area contributed by atoms with E-state index in [0.29, 0.717) is 47.3 Å². The number of unbranched alkanes of at least 4 members (excludes halogenated alkanes) is 7. The van der Waals surface area contributed by atoms with Gasteiger partial charge in [0, 0.05) is 36.6 Å². The van der Waals surface area contributed by atoms with Crippen molar-refractivity contribution in [3.63, 3.8) is 0 Å². The number of nitrogens with zero attached hydrogens (tertiary/aromatic N) is 6. The lowest BCUT2D eigenvalue weighted by Gasteiger charge is -2.10. The highest BCUT2D eigenvalue weighted by Crippen LogP contribution is 2.28. The molecular formula is C36H48N6O6. The molecule has 4 aromatic rings. The highest BCUT2D eigenvalue weighted by molar-refractivity contribution is 5.77. The van der Waals surface area contributed by atoms with Crippen LogP contribution in [-0.2, 0) is 25.9 Å². The maximum atomic E-state index is 10.9. The molecule has 12 heteroatoms. The van der Waals surface area contributed by atoms with Gasteiger partial charge in [0.15, 0.2) is 23.0 Å². The van der Waals surface area contributed by atoms with E-state index in [1.54, 1.807) is 50.6 Å². The summed E-state index contributed by atoms with van der Waals surface area (Å²) in [6.45, 7) is 2.84. The van der Waals surface area contributed by atoms with Crippen molar-refractivity contribution < 1.29 is 28.5 Å². The molecule has 12 nitrogen and oxygen atoms in total. The standard InChI is InChI=1S/C36H48N6O6/c1-45-35-23-29(27-43)15-17-33(35)47-21-11-13-31-25-41(39-37-31)19-9-7-5-3-4-6-8-10-20-42-26-32(38-40-42)14-12-22-48-34-18-16-30(28-44)24-36(34)46-2/h15-18,23-28H,3-14,19-22H2,1-2H3. The zero-order chi connectivity index (χ0) is 33.8. The van der Waals surface area contributed by atoms with Crippen molar-refractivity contribution in [1.29, 1.82) is 0 Å². The van der Waals surface area contributed by atoms with E-state index in [4.69, 9.17) is 18.9 Å². The number of hydrogen-bond acceptors (Lipinski definition) is 10. The van der Waals surface area contributed by atoms with Crippen LogP contribution in [0.2, 0.25) is 0 Å². The minimum atomic E-state index is 0.529. The van der Waals surface area contributed by atoms with Gasteiger partial charge in [-0.1, -0.05) is 49.0 Å². The molecule has 0 aliphatic rings. The summed E-state index contributed by atoms with van der Waals surface area (Å²) >= 11 is 0. The number of carbonyl (C=O) groups is 2. The largest absolute Gasteiger partial charge is 0.493 e. The number of methoxy groups -OCH3 is 2. The van der Waals surface area contributed by atoms with Gasteiger partial charge in [-0.15, -0.1) is 10.2 Å². The van der Waals surface area contributed by atoms with Gasteiger partial charge in [0.05, 0.1) is 38.8 Å². The number of ether oxygens (including phenoxy) is 4. The molecule has 48 heavy (non-hydrogen) atoms. The molecule has 2 aromatic heterocycles. The van der Waals surface area contributed by atoms with Crippen molar-refractivity contribution >= 4 is 12.6 Å². The van der Waals surface area contributed by atoms with Crippen LogP contribution in [0.5, 0.6) is 23.0 Å². The molecule has 0 amide bonds. The molecule has 4 rings (SSSR count). The summed E-state index contributed by atoms with van der Waals surface area (Å²) < 4.78 is 26.2. The second-order valence-corrected chi connectivity index (χ2v) is 11.7. The molecular weight excluding hydrogens is 612 g/mol. The monoisotopic (exact) mass is 660 g/mol. The maximum Gasteiger partial charge on any atom is 0.161 e. The number of benzene rings is 2. The van der Waals surface area contributed by atoms with Crippen LogP contribution >= 0.6 is 0 Å². The van der Waals surface area contributed by atoms with Gasteiger partial charge in [0.2, 0.25) is 0 Å². The summed E-state index contributed by atoms with van der Waals surface area (Å²) in [7, 11) is 3.13. The average Bonchev–Trinajstić information content (AvgIpc) is 3.78. The smallest absolute Gasteiger partial charge is 0.161 e. The van der Waals surface area contributed by atoms with E-state index in [0.717, 1.165) is 75.6 Å². The Morgan fingerprint density at radius 2 is 0.979 bits per heavy atom. The van der Waals surface area contributed by atoms with Crippen LogP contribution in [0.25, 0.3) is 0 Å². The first kappa shape index (κ1) is 36.1. The molecule has 0 N–H and O–H groups in total. The third kappa shape index (κ3) is 12.1. The molecule has 0 radical (unpaired) electrons. The second kappa shape index (κ2) is 20.5. The summed E-state index contributed by atoms with van der Waals surface area (Å²) in [5.74, 6) is 2.38. The van der Waals surface area contributed by atoms with Gasteiger partial charge in [-0.2, -0.15) is 0 Å². The van der Waals surface area contributed by atoms with Crippen molar-refractivity contribution in [2.24, 2.45) is 0 Å². The lowest BCUT2D eigenvalue weighted by Crippen LogP contribution is -2.01. The first-order valence-corrected chi connectivity index (χ1v) is 16.9. The Labute approximate surface area is 282 Å². The van der Waals surface area contributed by atoms with Crippen LogP contribution in [0.4, 0.5) is 0 Å². The fourth-order valence-electron chi connectivity index (χ4n) is 5.36. The minimum Gasteiger partial charge on any atom is -0.493 e. The number of hydrogen-bond donors (Lipinski definition) is 0. The molecule has 0 aliphatic carbocycles. The number of carbonyl (C=O) groups excluding carboxylic acids is 2. The van der Waals surface area contributed by atoms with Crippen LogP contribution in [-0.4, -0.2) is 70.0 Å². The lowest BCUT2D eigenvalue weighted by molar-refractivity contribution is 0.111. The predicted molar refractivity (Wildman–Crippen MR) is 181 cm³/mol. The first-order valence-electron chi connectivity index (χ1n) is 16.9. The molecule has 0 saturated carbocycles. The van der Waals surface area contributed by atoms with Gasteiger partial charge >= 0.3 is 0 Å². The average molecular weight is 661 g/mol. The first-order chi connectivity index (χ1) is 23.6. The van der Waals surface area contributed by atoms with Crippen LogP contribution in [0.15, 0.2) is 48.8 Å². The fourth-order valence-corrected chi connectivity index (χ4v) is 5.36. The summed E-state index contributed by atoms with van der Waals surface area (Å²) in [5, 5.41) is 17.2. The van der Waals surface area contributed by atoms with E-state index >= 15 is 0 Å². The summed E-state index contributed by atoms with van der Waals surface area (Å²) in [5.41, 5.74) is 3.05. The third-order valence-electron chi connectivity index (χ3n) is 8.01. The lowest BCUT2D eigenvalue weighted by atomic mass is 10.1. The molecule has 2 heterocycles. The van der Waals surface area contributed by atoms with E-state index in [-0.39, 0.29) is 0 Å². The van der Waals surface area contributed by atoms with Gasteiger partial charge in [-0.3, -0.25) is 19.0 Å². The Hall–Kier alpha value is -4.74. The van der Waals surface area contributed by atoms with E-state index in [1.165, 1.54) is 38.5 Å².